The van der Waals surface area contributed by atoms with Crippen LogP contribution < -0.4 is 15.4 Å². The Kier molecular flexibility index (Phi) is 5.87. The van der Waals surface area contributed by atoms with Crippen LogP contribution in [0.4, 0.5) is 5.69 Å². The Labute approximate surface area is 141 Å². The van der Waals surface area contributed by atoms with E-state index in [1.807, 2.05) is 36.4 Å². The monoisotopic (exact) mass is 330 g/mol. The fraction of sp³-hybridized carbons (Fsp3) is 0.389. The zero-order valence-corrected chi connectivity index (χ0v) is 13.5. The molecule has 2 aromatic rings. The lowest BCUT2D eigenvalue weighted by atomic mass is 10.2. The average molecular weight is 330 g/mol. The van der Waals surface area contributed by atoms with Crippen molar-refractivity contribution in [1.82, 2.24) is 5.32 Å². The summed E-state index contributed by atoms with van der Waals surface area (Å²) in [6.45, 7) is 2.14. The Morgan fingerprint density at radius 2 is 2.12 bits per heavy atom. The zero-order chi connectivity index (χ0) is 16.6. The first kappa shape index (κ1) is 16.5. The minimum absolute atomic E-state index is 0.102. The van der Waals surface area contributed by atoms with E-state index in [0.717, 1.165) is 36.6 Å². The molecule has 0 saturated carbocycles. The van der Waals surface area contributed by atoms with Crippen LogP contribution in [0.25, 0.3) is 0 Å². The van der Waals surface area contributed by atoms with E-state index in [0.29, 0.717) is 13.2 Å². The molecular formula is C18H22N2O4. The van der Waals surface area contributed by atoms with Crippen LogP contribution in [0.5, 0.6) is 5.75 Å². The molecule has 3 rings (SSSR count). The molecule has 1 aromatic carbocycles. The molecule has 1 aliphatic heterocycles. The minimum atomic E-state index is -0.102. The van der Waals surface area contributed by atoms with Gasteiger partial charge >= 0.3 is 0 Å². The van der Waals surface area contributed by atoms with Crippen molar-refractivity contribution in [3.63, 3.8) is 0 Å². The molecule has 0 aliphatic carbocycles. The number of nitrogens with one attached hydrogen (secondary N) is 2. The number of carbonyl (C=O) groups excluding carboxylic acids is 1. The number of hydrogen-bond donors (Lipinski definition) is 2. The van der Waals surface area contributed by atoms with E-state index >= 15 is 0 Å². The maximum absolute atomic E-state index is 11.9. The van der Waals surface area contributed by atoms with Crippen molar-refractivity contribution in [2.45, 2.75) is 25.5 Å². The first-order chi connectivity index (χ1) is 11.8. The second-order valence-corrected chi connectivity index (χ2v) is 5.70. The lowest BCUT2D eigenvalue weighted by molar-refractivity contribution is -0.115. The lowest BCUT2D eigenvalue weighted by Gasteiger charge is -2.12. The van der Waals surface area contributed by atoms with Gasteiger partial charge in [-0.15, -0.1) is 0 Å². The van der Waals surface area contributed by atoms with Crippen molar-refractivity contribution < 1.29 is 18.7 Å². The highest BCUT2D eigenvalue weighted by atomic mass is 16.5. The summed E-state index contributed by atoms with van der Waals surface area (Å²) < 4.78 is 16.4. The predicted molar refractivity (Wildman–Crippen MR) is 90.0 cm³/mol. The number of amides is 1. The van der Waals surface area contributed by atoms with Gasteiger partial charge in [-0.1, -0.05) is 0 Å². The van der Waals surface area contributed by atoms with Gasteiger partial charge in [-0.2, -0.15) is 0 Å². The second-order valence-electron chi connectivity index (χ2n) is 5.70. The molecule has 0 bridgehead atoms. The second kappa shape index (κ2) is 8.52. The Morgan fingerprint density at radius 3 is 2.83 bits per heavy atom. The molecule has 6 nitrogen and oxygen atoms in total. The molecule has 1 saturated heterocycles. The number of carbonyl (C=O) groups is 1. The Bertz CT molecular complexity index is 619. The molecule has 1 fully saturated rings. The highest BCUT2D eigenvalue weighted by Gasteiger charge is 2.15. The van der Waals surface area contributed by atoms with E-state index in [2.05, 4.69) is 10.6 Å². The van der Waals surface area contributed by atoms with Crippen molar-refractivity contribution in [3.05, 3.63) is 48.4 Å². The van der Waals surface area contributed by atoms with Crippen molar-refractivity contribution in [2.24, 2.45) is 0 Å². The van der Waals surface area contributed by atoms with Crippen LogP contribution in [0, 0.1) is 0 Å². The number of hydrogen-bond acceptors (Lipinski definition) is 5. The number of ether oxygens (including phenoxy) is 2. The molecular weight excluding hydrogens is 308 g/mol. The van der Waals surface area contributed by atoms with Crippen LogP contribution in [0.15, 0.2) is 47.1 Å². The van der Waals surface area contributed by atoms with Crippen molar-refractivity contribution in [3.8, 4) is 5.75 Å². The molecule has 2 N–H and O–H groups in total. The van der Waals surface area contributed by atoms with Crippen LogP contribution >= 0.6 is 0 Å². The highest BCUT2D eigenvalue weighted by molar-refractivity contribution is 5.92. The molecule has 1 unspecified atom stereocenters. The van der Waals surface area contributed by atoms with E-state index in [1.54, 1.807) is 6.26 Å². The normalized spacial score (nSPS) is 16.9. The van der Waals surface area contributed by atoms with Gasteiger partial charge < -0.3 is 24.5 Å². The highest BCUT2D eigenvalue weighted by Crippen LogP contribution is 2.18. The Morgan fingerprint density at radius 1 is 1.25 bits per heavy atom. The molecule has 0 radical (unpaired) electrons. The third-order valence-electron chi connectivity index (χ3n) is 3.76. The lowest BCUT2D eigenvalue weighted by Crippen LogP contribution is -2.27. The van der Waals surface area contributed by atoms with Crippen molar-refractivity contribution in [2.75, 3.05) is 25.1 Å². The van der Waals surface area contributed by atoms with Gasteiger partial charge in [-0.3, -0.25) is 4.79 Å². The van der Waals surface area contributed by atoms with Crippen LogP contribution in [-0.4, -0.2) is 31.8 Å². The van der Waals surface area contributed by atoms with E-state index < -0.39 is 0 Å². The maximum Gasteiger partial charge on any atom is 0.238 e. The van der Waals surface area contributed by atoms with Crippen molar-refractivity contribution >= 4 is 11.6 Å². The predicted octanol–water partition coefficient (Wildman–Crippen LogP) is 2.57. The largest absolute Gasteiger partial charge is 0.491 e. The average Bonchev–Trinajstić information content (AvgIpc) is 3.28. The number of furan rings is 1. The molecule has 128 valence electrons. The standard InChI is InChI=1S/C18H22N2O4/c21-18(12-19-11-16-3-1-9-22-16)20-14-5-7-15(8-6-14)24-13-17-4-2-10-23-17/h1,3,5-9,17,19H,2,4,10-13H2,(H,20,21). The zero-order valence-electron chi connectivity index (χ0n) is 13.5. The third kappa shape index (κ3) is 5.11. The van der Waals surface area contributed by atoms with Crippen LogP contribution in [0.2, 0.25) is 0 Å². The fourth-order valence-corrected chi connectivity index (χ4v) is 2.52. The van der Waals surface area contributed by atoms with Gasteiger partial charge in [-0.05, 0) is 49.2 Å². The molecule has 1 aliphatic rings. The molecule has 1 aromatic heterocycles. The molecule has 24 heavy (non-hydrogen) atoms. The summed E-state index contributed by atoms with van der Waals surface area (Å²) in [5.74, 6) is 1.48. The Hall–Kier alpha value is -2.31. The van der Waals surface area contributed by atoms with Gasteiger partial charge in [0.15, 0.2) is 0 Å². The third-order valence-corrected chi connectivity index (χ3v) is 3.76. The number of rotatable bonds is 8. The topological polar surface area (TPSA) is 72.7 Å². The first-order valence-electron chi connectivity index (χ1n) is 8.17. The molecule has 1 atom stereocenters. The Balaban J connectivity index is 1.37. The molecule has 6 heteroatoms. The van der Waals surface area contributed by atoms with E-state index in [1.165, 1.54) is 0 Å². The van der Waals surface area contributed by atoms with Gasteiger partial charge in [0.1, 0.15) is 18.1 Å². The van der Waals surface area contributed by atoms with Crippen LogP contribution in [0.3, 0.4) is 0 Å². The van der Waals surface area contributed by atoms with Crippen molar-refractivity contribution in [1.29, 1.82) is 0 Å². The molecule has 2 heterocycles. The number of anilines is 1. The van der Waals surface area contributed by atoms with Gasteiger partial charge in [0, 0.05) is 12.3 Å². The van der Waals surface area contributed by atoms with Gasteiger partial charge in [0.05, 0.1) is 25.5 Å². The summed E-state index contributed by atoms with van der Waals surface area (Å²) in [5, 5.41) is 5.86. The van der Waals surface area contributed by atoms with E-state index in [4.69, 9.17) is 13.9 Å². The summed E-state index contributed by atoms with van der Waals surface area (Å²) in [7, 11) is 0. The number of benzene rings is 1. The smallest absolute Gasteiger partial charge is 0.238 e. The minimum Gasteiger partial charge on any atom is -0.491 e. The summed E-state index contributed by atoms with van der Waals surface area (Å²) in [6.07, 6.45) is 3.97. The quantitative estimate of drug-likeness (QED) is 0.778. The summed E-state index contributed by atoms with van der Waals surface area (Å²) in [6, 6.07) is 11.0. The van der Waals surface area contributed by atoms with Gasteiger partial charge in [0.25, 0.3) is 0 Å². The van der Waals surface area contributed by atoms with E-state index in [9.17, 15) is 4.79 Å². The first-order valence-corrected chi connectivity index (χ1v) is 8.17. The SMILES string of the molecule is O=C(CNCc1ccco1)Nc1ccc(OCC2CCCO2)cc1. The van der Waals surface area contributed by atoms with Crippen LogP contribution in [0.1, 0.15) is 18.6 Å². The fourth-order valence-electron chi connectivity index (χ4n) is 2.52. The van der Waals surface area contributed by atoms with E-state index in [-0.39, 0.29) is 18.6 Å². The molecule has 0 spiro atoms. The van der Waals surface area contributed by atoms with Crippen LogP contribution in [-0.2, 0) is 16.1 Å². The summed E-state index contributed by atoms with van der Waals surface area (Å²) in [5.41, 5.74) is 0.740. The molecule has 1 amide bonds. The van der Waals surface area contributed by atoms with Gasteiger partial charge in [0.2, 0.25) is 5.91 Å². The summed E-state index contributed by atoms with van der Waals surface area (Å²) >= 11 is 0. The van der Waals surface area contributed by atoms with Gasteiger partial charge in [-0.25, -0.2) is 0 Å². The summed E-state index contributed by atoms with van der Waals surface area (Å²) in [4.78, 5) is 11.9. The maximum atomic E-state index is 11.9.